The minimum absolute atomic E-state index is 0.281. The number of anilines is 1. The van der Waals surface area contributed by atoms with Gasteiger partial charge in [-0.05, 0) is 25.8 Å². The Bertz CT molecular complexity index is 507. The first-order valence-electron chi connectivity index (χ1n) is 7.08. The van der Waals surface area contributed by atoms with Gasteiger partial charge in [0.25, 0.3) is 0 Å². The molecule has 1 aliphatic heterocycles. The van der Waals surface area contributed by atoms with Crippen LogP contribution in [0.15, 0.2) is 12.3 Å². The van der Waals surface area contributed by atoms with Gasteiger partial charge in [0.15, 0.2) is 0 Å². The lowest BCUT2D eigenvalue weighted by molar-refractivity contribution is -0.125. The Labute approximate surface area is 123 Å². The number of hydrogen-bond acceptors (Lipinski definition) is 5. The third kappa shape index (κ3) is 3.72. The summed E-state index contributed by atoms with van der Waals surface area (Å²) >= 11 is 0. The number of imide groups is 1. The number of urea groups is 1. The highest BCUT2D eigenvalue weighted by molar-refractivity contribution is 5.96. The Morgan fingerprint density at radius 3 is 2.62 bits per heavy atom. The SMILES string of the molecule is CNC(=O)NC(=O)C(C)N1CCC(n2ccc(N)n2)CC1. The summed E-state index contributed by atoms with van der Waals surface area (Å²) in [6.07, 6.45) is 3.69. The monoisotopic (exact) mass is 294 g/mol. The quantitative estimate of drug-likeness (QED) is 0.724. The maximum atomic E-state index is 11.9. The standard InChI is InChI=1S/C13H22N6O2/c1-9(12(20)16-13(21)15-2)18-6-3-10(4-7-18)19-8-5-11(14)17-19/h5,8-10H,3-4,6-7H2,1-2H3,(H2,14,17)(H2,15,16,20,21). The minimum Gasteiger partial charge on any atom is -0.382 e. The maximum Gasteiger partial charge on any atom is 0.321 e. The van der Waals surface area contributed by atoms with Crippen LogP contribution in [0.1, 0.15) is 25.8 Å². The number of carbonyl (C=O) groups excluding carboxylic acids is 2. The zero-order chi connectivity index (χ0) is 15.4. The number of piperidine rings is 1. The molecule has 2 rings (SSSR count). The number of aromatic nitrogens is 2. The van der Waals surface area contributed by atoms with Crippen molar-refractivity contribution in [2.75, 3.05) is 25.9 Å². The molecule has 1 aromatic heterocycles. The molecule has 116 valence electrons. The van der Waals surface area contributed by atoms with Gasteiger partial charge in [0.2, 0.25) is 5.91 Å². The molecule has 1 unspecified atom stereocenters. The molecule has 2 heterocycles. The maximum absolute atomic E-state index is 11.9. The van der Waals surface area contributed by atoms with Gasteiger partial charge in [-0.15, -0.1) is 0 Å². The van der Waals surface area contributed by atoms with E-state index < -0.39 is 6.03 Å². The summed E-state index contributed by atoms with van der Waals surface area (Å²) in [5, 5.41) is 8.91. The van der Waals surface area contributed by atoms with Gasteiger partial charge >= 0.3 is 6.03 Å². The average molecular weight is 294 g/mol. The number of carbonyl (C=O) groups is 2. The van der Waals surface area contributed by atoms with Crippen molar-refractivity contribution in [1.29, 1.82) is 0 Å². The normalized spacial score (nSPS) is 18.2. The summed E-state index contributed by atoms with van der Waals surface area (Å²) in [6.45, 7) is 3.38. The summed E-state index contributed by atoms with van der Waals surface area (Å²) in [6, 6.07) is 1.29. The van der Waals surface area contributed by atoms with E-state index in [0.29, 0.717) is 11.9 Å². The van der Waals surface area contributed by atoms with E-state index in [0.717, 1.165) is 25.9 Å². The number of amides is 3. The zero-order valence-electron chi connectivity index (χ0n) is 12.4. The van der Waals surface area contributed by atoms with Crippen LogP contribution in [0.3, 0.4) is 0 Å². The molecule has 8 heteroatoms. The van der Waals surface area contributed by atoms with Crippen molar-refractivity contribution in [3.8, 4) is 0 Å². The van der Waals surface area contributed by atoms with Gasteiger partial charge in [-0.3, -0.25) is 19.7 Å². The molecule has 21 heavy (non-hydrogen) atoms. The highest BCUT2D eigenvalue weighted by Gasteiger charge is 2.28. The van der Waals surface area contributed by atoms with Crippen LogP contribution in [-0.2, 0) is 4.79 Å². The van der Waals surface area contributed by atoms with Crippen molar-refractivity contribution >= 4 is 17.8 Å². The van der Waals surface area contributed by atoms with Gasteiger partial charge in [-0.25, -0.2) is 4.79 Å². The Morgan fingerprint density at radius 1 is 1.43 bits per heavy atom. The lowest BCUT2D eigenvalue weighted by atomic mass is 10.0. The van der Waals surface area contributed by atoms with Crippen molar-refractivity contribution < 1.29 is 9.59 Å². The van der Waals surface area contributed by atoms with Crippen molar-refractivity contribution in [1.82, 2.24) is 25.3 Å². The fourth-order valence-electron chi connectivity index (χ4n) is 2.54. The van der Waals surface area contributed by atoms with Crippen molar-refractivity contribution in [3.63, 3.8) is 0 Å². The van der Waals surface area contributed by atoms with E-state index in [2.05, 4.69) is 20.6 Å². The number of nitrogen functional groups attached to an aromatic ring is 1. The smallest absolute Gasteiger partial charge is 0.321 e. The molecule has 1 saturated heterocycles. The molecular weight excluding hydrogens is 272 g/mol. The predicted octanol–water partition coefficient (Wildman–Crippen LogP) is -0.0537. The predicted molar refractivity (Wildman–Crippen MR) is 78.5 cm³/mol. The van der Waals surface area contributed by atoms with Crippen molar-refractivity contribution in [2.45, 2.75) is 31.8 Å². The molecule has 0 aliphatic carbocycles. The first-order valence-corrected chi connectivity index (χ1v) is 7.08. The molecule has 0 radical (unpaired) electrons. The molecule has 1 fully saturated rings. The Hall–Kier alpha value is -2.09. The molecule has 1 aromatic rings. The molecule has 0 saturated carbocycles. The van der Waals surface area contributed by atoms with Gasteiger partial charge in [-0.1, -0.05) is 0 Å². The number of rotatable bonds is 3. The van der Waals surface area contributed by atoms with E-state index in [-0.39, 0.29) is 11.9 Å². The van der Waals surface area contributed by atoms with Crippen LogP contribution in [0.4, 0.5) is 10.6 Å². The van der Waals surface area contributed by atoms with Gasteiger partial charge in [0.1, 0.15) is 5.82 Å². The van der Waals surface area contributed by atoms with E-state index in [1.54, 1.807) is 6.07 Å². The van der Waals surface area contributed by atoms with Crippen LogP contribution in [0.5, 0.6) is 0 Å². The molecule has 4 N–H and O–H groups in total. The van der Waals surface area contributed by atoms with E-state index >= 15 is 0 Å². The summed E-state index contributed by atoms with van der Waals surface area (Å²) in [5.41, 5.74) is 5.63. The van der Waals surface area contributed by atoms with Crippen LogP contribution in [0.2, 0.25) is 0 Å². The van der Waals surface area contributed by atoms with Crippen molar-refractivity contribution in [3.05, 3.63) is 12.3 Å². The third-order valence-electron chi connectivity index (χ3n) is 3.89. The largest absolute Gasteiger partial charge is 0.382 e. The lowest BCUT2D eigenvalue weighted by Gasteiger charge is -2.35. The van der Waals surface area contributed by atoms with E-state index in [9.17, 15) is 9.59 Å². The van der Waals surface area contributed by atoms with Gasteiger partial charge in [-0.2, -0.15) is 5.10 Å². The molecule has 8 nitrogen and oxygen atoms in total. The van der Waals surface area contributed by atoms with Gasteiger partial charge in [0, 0.05) is 26.3 Å². The molecule has 0 aromatic carbocycles. The van der Waals surface area contributed by atoms with Crippen LogP contribution in [-0.4, -0.2) is 52.8 Å². The molecule has 0 spiro atoms. The molecular formula is C13H22N6O2. The second-order valence-electron chi connectivity index (χ2n) is 5.23. The van der Waals surface area contributed by atoms with Crippen LogP contribution < -0.4 is 16.4 Å². The van der Waals surface area contributed by atoms with Crippen LogP contribution in [0.25, 0.3) is 0 Å². The van der Waals surface area contributed by atoms with Crippen LogP contribution in [0, 0.1) is 0 Å². The van der Waals surface area contributed by atoms with Gasteiger partial charge < -0.3 is 11.1 Å². The fourth-order valence-corrected chi connectivity index (χ4v) is 2.54. The molecule has 1 atom stereocenters. The Kier molecular flexibility index (Phi) is 4.79. The number of nitrogens with two attached hydrogens (primary N) is 1. The average Bonchev–Trinajstić information content (AvgIpc) is 2.93. The summed E-state index contributed by atoms with van der Waals surface area (Å²) < 4.78 is 1.89. The van der Waals surface area contributed by atoms with E-state index in [4.69, 9.17) is 5.73 Å². The molecule has 3 amide bonds. The zero-order valence-corrected chi connectivity index (χ0v) is 12.4. The number of nitrogens with zero attached hydrogens (tertiary/aromatic N) is 3. The summed E-state index contributed by atoms with van der Waals surface area (Å²) in [5.74, 6) is 0.242. The number of likely N-dealkylation sites (tertiary alicyclic amines) is 1. The van der Waals surface area contributed by atoms with Gasteiger partial charge in [0.05, 0.1) is 12.1 Å². The summed E-state index contributed by atoms with van der Waals surface area (Å²) in [7, 11) is 1.48. The minimum atomic E-state index is -0.478. The molecule has 1 aliphatic rings. The van der Waals surface area contributed by atoms with E-state index in [1.807, 2.05) is 17.8 Å². The second-order valence-corrected chi connectivity index (χ2v) is 5.23. The Balaban J connectivity index is 1.85. The highest BCUT2D eigenvalue weighted by atomic mass is 16.2. The third-order valence-corrected chi connectivity index (χ3v) is 3.89. The molecule has 0 bridgehead atoms. The van der Waals surface area contributed by atoms with Crippen LogP contribution >= 0.6 is 0 Å². The van der Waals surface area contributed by atoms with Crippen molar-refractivity contribution in [2.24, 2.45) is 0 Å². The second kappa shape index (κ2) is 6.57. The lowest BCUT2D eigenvalue weighted by Crippen LogP contribution is -2.51. The topological polar surface area (TPSA) is 105 Å². The fraction of sp³-hybridized carbons (Fsp3) is 0.615. The summed E-state index contributed by atoms with van der Waals surface area (Å²) in [4.78, 5) is 25.2. The highest BCUT2D eigenvalue weighted by Crippen LogP contribution is 2.23. The first-order chi connectivity index (χ1) is 10.0. The van der Waals surface area contributed by atoms with E-state index in [1.165, 1.54) is 7.05 Å². The number of nitrogens with one attached hydrogen (secondary N) is 2. The Morgan fingerprint density at radius 2 is 2.10 bits per heavy atom. The first kappa shape index (κ1) is 15.3. The number of hydrogen-bond donors (Lipinski definition) is 3.